The van der Waals surface area contributed by atoms with Crippen LogP contribution in [0.25, 0.3) is 0 Å². The fourth-order valence-corrected chi connectivity index (χ4v) is 9.77. The minimum absolute atomic E-state index is 0.230. The maximum absolute atomic E-state index is 12.9. The zero-order valence-corrected chi connectivity index (χ0v) is 24.6. The summed E-state index contributed by atoms with van der Waals surface area (Å²) in [6.45, 7) is 2.06. The van der Waals surface area contributed by atoms with E-state index in [2.05, 4.69) is 6.92 Å². The molecule has 3 saturated heterocycles. The molecule has 33 heavy (non-hydrogen) atoms. The lowest BCUT2D eigenvalue weighted by molar-refractivity contribution is -0.127. The minimum Gasteiger partial charge on any atom is -0.300 e. The topological polar surface area (TPSA) is 51.2 Å². The zero-order chi connectivity index (χ0) is 23.5. The van der Waals surface area contributed by atoms with Crippen LogP contribution in [0.4, 0.5) is 0 Å². The van der Waals surface area contributed by atoms with Crippen molar-refractivity contribution >= 4 is 87.9 Å². The summed E-state index contributed by atoms with van der Waals surface area (Å²) < 4.78 is 0. The highest BCUT2D eigenvalue weighted by molar-refractivity contribution is 8.09. The van der Waals surface area contributed by atoms with Gasteiger partial charge in [0.25, 0.3) is 0 Å². The van der Waals surface area contributed by atoms with E-state index in [1.807, 2.05) is 70.6 Å². The molecule has 0 saturated carbocycles. The lowest BCUT2D eigenvalue weighted by Gasteiger charge is -2.31. The summed E-state index contributed by atoms with van der Waals surface area (Å²) in [5.41, 5.74) is -0.476. The number of rotatable bonds is 22. The average Bonchev–Trinajstić information content (AvgIpc) is 3.62. The Morgan fingerprint density at radius 2 is 0.970 bits per heavy atom. The van der Waals surface area contributed by atoms with Gasteiger partial charge >= 0.3 is 0 Å². The molecule has 0 aromatic carbocycles. The zero-order valence-electron chi connectivity index (χ0n) is 19.7. The Morgan fingerprint density at radius 1 is 0.667 bits per heavy atom. The molecule has 0 aromatic heterocycles. The molecular formula is C24H38O3S6. The standard InChI is InChI=1S/C24H38O3S6/c1-2-24(9-18(25)3-6-28-12-21-15-31-21,10-19(26)4-7-29-13-22-16-32-22)11-20(27)5-8-30-14-23-17-33-23/h21-23H,2-17H2,1H3. The van der Waals surface area contributed by atoms with E-state index >= 15 is 0 Å². The normalized spacial score (nSPS) is 24.8. The van der Waals surface area contributed by atoms with Gasteiger partial charge in [-0.3, -0.25) is 14.4 Å². The fourth-order valence-electron chi connectivity index (χ4n) is 3.78. The first-order chi connectivity index (χ1) is 16.0. The van der Waals surface area contributed by atoms with E-state index in [1.54, 1.807) is 0 Å². The van der Waals surface area contributed by atoms with Gasteiger partial charge in [0.05, 0.1) is 0 Å². The molecule has 3 aliphatic rings. The second-order valence-corrected chi connectivity index (χ2v) is 16.8. The van der Waals surface area contributed by atoms with Gasteiger partial charge in [-0.25, -0.2) is 0 Å². The van der Waals surface area contributed by atoms with Crippen molar-refractivity contribution in [1.29, 1.82) is 0 Å². The third-order valence-corrected chi connectivity index (χ3v) is 13.1. The van der Waals surface area contributed by atoms with Crippen LogP contribution in [0.2, 0.25) is 0 Å². The van der Waals surface area contributed by atoms with Crippen molar-refractivity contribution in [1.82, 2.24) is 0 Å². The number of Topliss-reactive ketones (excluding diaryl/α,β-unsaturated/α-hetero) is 3. The summed E-state index contributed by atoms with van der Waals surface area (Å²) in [6, 6.07) is 0. The van der Waals surface area contributed by atoms with Gasteiger partial charge < -0.3 is 0 Å². The van der Waals surface area contributed by atoms with E-state index in [1.165, 1.54) is 17.3 Å². The fraction of sp³-hybridized carbons (Fsp3) is 0.875. The summed E-state index contributed by atoms with van der Waals surface area (Å²) in [5, 5.41) is 2.38. The number of carbonyl (C=O) groups excluding carboxylic acids is 3. The Morgan fingerprint density at radius 3 is 1.21 bits per heavy atom. The number of ketones is 3. The Balaban J connectivity index is 1.45. The van der Waals surface area contributed by atoms with E-state index in [9.17, 15) is 14.4 Å². The van der Waals surface area contributed by atoms with Crippen LogP contribution in [0.1, 0.15) is 51.9 Å². The summed E-state index contributed by atoms with van der Waals surface area (Å²) >= 11 is 11.6. The van der Waals surface area contributed by atoms with E-state index in [0.29, 0.717) is 38.5 Å². The molecule has 0 amide bonds. The van der Waals surface area contributed by atoms with Crippen LogP contribution in [-0.4, -0.2) is 84.9 Å². The highest BCUT2D eigenvalue weighted by Gasteiger charge is 2.35. The second-order valence-electron chi connectivity index (χ2n) is 9.34. The van der Waals surface area contributed by atoms with E-state index in [0.717, 1.165) is 56.7 Å². The first kappa shape index (κ1) is 28.7. The summed E-state index contributed by atoms with van der Waals surface area (Å²) in [7, 11) is 0. The van der Waals surface area contributed by atoms with Gasteiger partial charge in [-0.2, -0.15) is 70.6 Å². The maximum Gasteiger partial charge on any atom is 0.134 e. The second kappa shape index (κ2) is 15.4. The van der Waals surface area contributed by atoms with Gasteiger partial charge in [-0.05, 0) is 11.8 Å². The molecule has 3 heterocycles. The lowest BCUT2D eigenvalue weighted by Crippen LogP contribution is -2.30. The van der Waals surface area contributed by atoms with Crippen LogP contribution in [-0.2, 0) is 14.4 Å². The Hall–Kier alpha value is 1.11. The molecule has 3 nitrogen and oxygen atoms in total. The van der Waals surface area contributed by atoms with E-state index in [-0.39, 0.29) is 17.3 Å². The number of hydrogen-bond acceptors (Lipinski definition) is 9. The number of thioether (sulfide) groups is 6. The van der Waals surface area contributed by atoms with Gasteiger partial charge in [0, 0.05) is 106 Å². The van der Waals surface area contributed by atoms with Crippen LogP contribution < -0.4 is 0 Å². The minimum atomic E-state index is -0.476. The van der Waals surface area contributed by atoms with Crippen molar-refractivity contribution in [3.8, 4) is 0 Å². The molecule has 0 spiro atoms. The van der Waals surface area contributed by atoms with Crippen LogP contribution in [0.15, 0.2) is 0 Å². The van der Waals surface area contributed by atoms with Gasteiger partial charge in [-0.1, -0.05) is 6.92 Å². The first-order valence-corrected chi connectivity index (χ1v) is 18.7. The Kier molecular flexibility index (Phi) is 13.4. The third-order valence-electron chi connectivity index (χ3n) is 6.16. The summed E-state index contributed by atoms with van der Waals surface area (Å²) in [5.74, 6) is 10.5. The van der Waals surface area contributed by atoms with Crippen LogP contribution in [0.5, 0.6) is 0 Å². The lowest BCUT2D eigenvalue weighted by atomic mass is 9.71. The molecule has 0 aliphatic carbocycles. The van der Waals surface area contributed by atoms with Crippen molar-refractivity contribution in [2.75, 3.05) is 51.8 Å². The van der Waals surface area contributed by atoms with Gasteiger partial charge in [0.15, 0.2) is 0 Å². The molecule has 3 fully saturated rings. The first-order valence-electron chi connectivity index (χ1n) is 12.1. The predicted octanol–water partition coefficient (Wildman–Crippen LogP) is 5.98. The largest absolute Gasteiger partial charge is 0.300 e. The highest BCUT2D eigenvalue weighted by atomic mass is 32.2. The molecule has 9 heteroatoms. The molecule has 0 N–H and O–H groups in total. The number of hydrogen-bond donors (Lipinski definition) is 0. The highest BCUT2D eigenvalue weighted by Crippen LogP contribution is 2.39. The molecule has 188 valence electrons. The van der Waals surface area contributed by atoms with Gasteiger partial charge in [0.1, 0.15) is 17.3 Å². The van der Waals surface area contributed by atoms with Gasteiger partial charge in [0.2, 0.25) is 0 Å². The smallest absolute Gasteiger partial charge is 0.134 e. The number of carbonyl (C=O) groups is 3. The Bertz CT molecular complexity index is 563. The molecule has 0 bridgehead atoms. The van der Waals surface area contributed by atoms with Crippen molar-refractivity contribution in [3.63, 3.8) is 0 Å². The van der Waals surface area contributed by atoms with Crippen LogP contribution in [0, 0.1) is 5.41 Å². The van der Waals surface area contributed by atoms with E-state index in [4.69, 9.17) is 0 Å². The summed E-state index contributed by atoms with van der Waals surface area (Å²) in [6.07, 6.45) is 3.58. The quantitative estimate of drug-likeness (QED) is 0.116. The van der Waals surface area contributed by atoms with Crippen molar-refractivity contribution in [3.05, 3.63) is 0 Å². The van der Waals surface area contributed by atoms with Gasteiger partial charge in [-0.15, -0.1) is 0 Å². The van der Waals surface area contributed by atoms with Crippen LogP contribution in [0.3, 0.4) is 0 Å². The van der Waals surface area contributed by atoms with Crippen LogP contribution >= 0.6 is 70.6 Å². The maximum atomic E-state index is 12.9. The van der Waals surface area contributed by atoms with Crippen molar-refractivity contribution in [2.24, 2.45) is 5.41 Å². The molecule has 0 radical (unpaired) electrons. The molecule has 3 rings (SSSR count). The van der Waals surface area contributed by atoms with E-state index < -0.39 is 5.41 Å². The SMILES string of the molecule is CCC(CC(=O)CCSCC1CS1)(CC(=O)CCSCC1CS1)CC(=O)CCSCC1CS1. The molecular weight excluding hydrogens is 529 g/mol. The third kappa shape index (κ3) is 13.3. The predicted molar refractivity (Wildman–Crippen MR) is 156 cm³/mol. The average molecular weight is 567 g/mol. The monoisotopic (exact) mass is 566 g/mol. The summed E-state index contributed by atoms with van der Waals surface area (Å²) in [4.78, 5) is 38.6. The van der Waals surface area contributed by atoms with Crippen molar-refractivity contribution in [2.45, 2.75) is 67.6 Å². The molecule has 3 aliphatic heterocycles. The molecule has 3 atom stereocenters. The molecule has 3 unspecified atom stereocenters. The Labute approximate surface area is 225 Å². The van der Waals surface area contributed by atoms with Crippen molar-refractivity contribution < 1.29 is 14.4 Å². The molecule has 0 aromatic rings.